The van der Waals surface area contributed by atoms with Gasteiger partial charge in [0.05, 0.1) is 25.8 Å². The number of rotatable bonds is 7. The highest BCUT2D eigenvalue weighted by Gasteiger charge is 2.32. The Balaban J connectivity index is 2.30. The van der Waals surface area contributed by atoms with Crippen LogP contribution in [-0.4, -0.2) is 30.3 Å². The summed E-state index contributed by atoms with van der Waals surface area (Å²) in [6.07, 6.45) is 0. The smallest absolute Gasteiger partial charge is 0.380 e. The predicted octanol–water partition coefficient (Wildman–Crippen LogP) is 4.20. The van der Waals surface area contributed by atoms with Crippen molar-refractivity contribution >= 4 is 23.9 Å². The third-order valence-corrected chi connectivity index (χ3v) is 5.83. The minimum atomic E-state index is -3.60. The third kappa shape index (κ3) is 3.63. The second kappa shape index (κ2) is 7.96. The van der Waals surface area contributed by atoms with Crippen molar-refractivity contribution < 1.29 is 18.3 Å². The monoisotopic (exact) mass is 372 g/mol. The van der Waals surface area contributed by atoms with Crippen molar-refractivity contribution in [1.29, 1.82) is 0 Å². The molecule has 0 fully saturated rings. The molecule has 0 saturated heterocycles. The zero-order chi connectivity index (χ0) is 18.6. The Kier molecular flexibility index (Phi) is 5.67. The van der Waals surface area contributed by atoms with Crippen LogP contribution in [-0.2, 0) is 13.6 Å². The number of hydrogen-bond donors (Lipinski definition) is 0. The van der Waals surface area contributed by atoms with E-state index >= 15 is 0 Å². The van der Waals surface area contributed by atoms with Crippen LogP contribution in [0.2, 0.25) is 0 Å². The van der Waals surface area contributed by atoms with Gasteiger partial charge in [-0.05, 0) is 32.0 Å². The highest BCUT2D eigenvalue weighted by molar-refractivity contribution is 7.62. The van der Waals surface area contributed by atoms with Crippen molar-refractivity contribution in [3.05, 3.63) is 48.5 Å². The summed E-state index contributed by atoms with van der Waals surface area (Å²) >= 11 is 0. The minimum Gasteiger partial charge on any atom is -0.497 e. The fourth-order valence-electron chi connectivity index (χ4n) is 2.64. The number of nitrogens with zero attached hydrogens (tertiary/aromatic N) is 2. The van der Waals surface area contributed by atoms with E-state index in [4.69, 9.17) is 13.8 Å². The molecule has 2 aromatic carbocycles. The van der Waals surface area contributed by atoms with Crippen LogP contribution in [0.3, 0.4) is 0 Å². The van der Waals surface area contributed by atoms with E-state index in [9.17, 15) is 4.57 Å². The van der Waals surface area contributed by atoms with Gasteiger partial charge in [0.15, 0.2) is 11.3 Å². The van der Waals surface area contributed by atoms with E-state index in [0.717, 1.165) is 5.56 Å². The van der Waals surface area contributed by atoms with Gasteiger partial charge >= 0.3 is 7.60 Å². The van der Waals surface area contributed by atoms with E-state index in [0.29, 0.717) is 22.5 Å². The first-order valence-electron chi connectivity index (χ1n) is 8.42. The normalized spacial score (nSPS) is 11.7. The Hall–Kier alpha value is -2.27. The lowest BCUT2D eigenvalue weighted by Gasteiger charge is -2.19. The highest BCUT2D eigenvalue weighted by Crippen LogP contribution is 2.48. The van der Waals surface area contributed by atoms with Crippen LogP contribution >= 0.6 is 7.60 Å². The van der Waals surface area contributed by atoms with E-state index in [1.165, 1.54) is 0 Å². The Bertz CT molecular complexity index is 937. The molecule has 7 heteroatoms. The molecule has 0 unspecified atom stereocenters. The molecule has 1 aromatic heterocycles. The maximum absolute atomic E-state index is 13.4. The molecule has 0 aliphatic carbocycles. The van der Waals surface area contributed by atoms with Crippen molar-refractivity contribution in [2.45, 2.75) is 13.8 Å². The van der Waals surface area contributed by atoms with E-state index < -0.39 is 7.60 Å². The summed E-state index contributed by atoms with van der Waals surface area (Å²) in [5.74, 6) is 1.09. The molecule has 0 saturated carbocycles. The number of fused-ring (bicyclic) bond motifs is 1. The average molecular weight is 372 g/mol. The van der Waals surface area contributed by atoms with Gasteiger partial charge in [0.2, 0.25) is 0 Å². The lowest BCUT2D eigenvalue weighted by molar-refractivity contribution is 0.229. The van der Waals surface area contributed by atoms with Crippen molar-refractivity contribution in [2.75, 3.05) is 20.3 Å². The van der Waals surface area contributed by atoms with Gasteiger partial charge in [-0.2, -0.15) is 0 Å². The molecule has 136 valence electrons. The predicted molar refractivity (Wildman–Crippen MR) is 102 cm³/mol. The first kappa shape index (κ1) is 18.5. The molecule has 0 radical (unpaired) electrons. The number of ether oxygens (including phenoxy) is 1. The van der Waals surface area contributed by atoms with Gasteiger partial charge in [0, 0.05) is 10.9 Å². The minimum absolute atomic E-state index is 0.243. The summed E-state index contributed by atoms with van der Waals surface area (Å²) in [5, 5.41) is 0.592. The second-order valence-corrected chi connectivity index (χ2v) is 7.39. The number of aromatic nitrogens is 2. The quantitative estimate of drug-likeness (QED) is 0.579. The van der Waals surface area contributed by atoms with Gasteiger partial charge in [-0.25, -0.2) is 9.97 Å². The van der Waals surface area contributed by atoms with E-state index in [1.54, 1.807) is 33.1 Å². The fraction of sp³-hybridized carbons (Fsp3) is 0.263. The van der Waals surface area contributed by atoms with Crippen molar-refractivity contribution in [3.8, 4) is 17.1 Å². The molecule has 0 atom stereocenters. The van der Waals surface area contributed by atoms with Gasteiger partial charge in [-0.3, -0.25) is 4.57 Å². The molecule has 1 heterocycles. The molecule has 3 aromatic rings. The lowest BCUT2D eigenvalue weighted by atomic mass is 10.2. The fourth-order valence-corrected chi connectivity index (χ4v) is 4.33. The van der Waals surface area contributed by atoms with E-state index in [-0.39, 0.29) is 18.6 Å². The Morgan fingerprint density at radius 1 is 0.962 bits per heavy atom. The van der Waals surface area contributed by atoms with Crippen molar-refractivity contribution in [3.63, 3.8) is 0 Å². The standard InChI is InChI=1S/C19H21N2O4P/c1-4-24-26(22,25-5-2)19-16-13-15(23-3)11-12-17(16)20-18(21-19)14-9-7-6-8-10-14/h6-13H,4-5H2,1-3H3. The van der Waals surface area contributed by atoms with Gasteiger partial charge in [-0.1, -0.05) is 30.3 Å². The summed E-state index contributed by atoms with van der Waals surface area (Å²) in [6, 6.07) is 14.9. The summed E-state index contributed by atoms with van der Waals surface area (Å²) in [7, 11) is -2.03. The summed E-state index contributed by atoms with van der Waals surface area (Å²) in [5.41, 5.74) is 1.73. The molecular weight excluding hydrogens is 351 g/mol. The highest BCUT2D eigenvalue weighted by atomic mass is 31.2. The Morgan fingerprint density at radius 2 is 1.65 bits per heavy atom. The molecule has 0 amide bonds. The molecule has 0 bridgehead atoms. The maximum Gasteiger partial charge on any atom is 0.380 e. The van der Waals surface area contributed by atoms with Gasteiger partial charge in [0.25, 0.3) is 0 Å². The first-order valence-corrected chi connectivity index (χ1v) is 9.96. The zero-order valence-electron chi connectivity index (χ0n) is 15.0. The molecule has 0 aliphatic heterocycles. The van der Waals surface area contributed by atoms with Gasteiger partial charge in [0.1, 0.15) is 5.75 Å². The number of benzene rings is 2. The van der Waals surface area contributed by atoms with Crippen LogP contribution in [0.4, 0.5) is 0 Å². The maximum atomic E-state index is 13.4. The largest absolute Gasteiger partial charge is 0.497 e. The number of hydrogen-bond acceptors (Lipinski definition) is 6. The lowest BCUT2D eigenvalue weighted by Crippen LogP contribution is -2.17. The van der Waals surface area contributed by atoms with Crippen molar-refractivity contribution in [1.82, 2.24) is 9.97 Å². The SMILES string of the molecule is CCOP(=O)(OCC)c1nc(-c2ccccc2)nc2ccc(OC)cc12. The first-order chi connectivity index (χ1) is 12.6. The molecule has 3 rings (SSSR count). The van der Waals surface area contributed by atoms with Crippen LogP contribution in [0.25, 0.3) is 22.3 Å². The van der Waals surface area contributed by atoms with Gasteiger partial charge < -0.3 is 13.8 Å². The zero-order valence-corrected chi connectivity index (χ0v) is 15.9. The van der Waals surface area contributed by atoms with Crippen molar-refractivity contribution in [2.24, 2.45) is 0 Å². The molecule has 0 spiro atoms. The topological polar surface area (TPSA) is 70.5 Å². The Labute approximate surface area is 152 Å². The second-order valence-electron chi connectivity index (χ2n) is 5.45. The molecule has 6 nitrogen and oxygen atoms in total. The van der Waals surface area contributed by atoms with E-state index in [1.807, 2.05) is 36.4 Å². The third-order valence-electron chi connectivity index (χ3n) is 3.77. The summed E-state index contributed by atoms with van der Waals surface area (Å²) in [4.78, 5) is 9.19. The number of methoxy groups -OCH3 is 1. The van der Waals surface area contributed by atoms with Crippen LogP contribution in [0.15, 0.2) is 48.5 Å². The van der Waals surface area contributed by atoms with Gasteiger partial charge in [-0.15, -0.1) is 0 Å². The molecule has 0 aliphatic rings. The average Bonchev–Trinajstić information content (AvgIpc) is 2.67. The summed E-state index contributed by atoms with van der Waals surface area (Å²) < 4.78 is 29.8. The molecular formula is C19H21N2O4P. The molecule has 0 N–H and O–H groups in total. The summed E-state index contributed by atoms with van der Waals surface area (Å²) in [6.45, 7) is 4.03. The molecule has 26 heavy (non-hydrogen) atoms. The van der Waals surface area contributed by atoms with Crippen LogP contribution in [0.1, 0.15) is 13.8 Å². The van der Waals surface area contributed by atoms with Crippen LogP contribution in [0.5, 0.6) is 5.75 Å². The van der Waals surface area contributed by atoms with Crippen LogP contribution in [0, 0.1) is 0 Å². The van der Waals surface area contributed by atoms with E-state index in [2.05, 4.69) is 9.97 Å². The van der Waals surface area contributed by atoms with Crippen LogP contribution < -0.4 is 10.2 Å². The Morgan fingerprint density at radius 3 is 2.27 bits per heavy atom.